The second-order valence-electron chi connectivity index (χ2n) is 8.76. The Bertz CT molecular complexity index is 1150. The highest BCUT2D eigenvalue weighted by atomic mass is 16.7. The van der Waals surface area contributed by atoms with E-state index in [2.05, 4.69) is 33.3 Å². The molecular weight excluding hydrogens is 458 g/mol. The molecule has 2 aliphatic heterocycles. The number of anilines is 1. The number of benzene rings is 3. The molecule has 1 fully saturated rings. The fourth-order valence-electron chi connectivity index (χ4n) is 4.59. The molecule has 2 heterocycles. The highest BCUT2D eigenvalue weighted by Crippen LogP contribution is 2.36. The van der Waals surface area contributed by atoms with Crippen molar-refractivity contribution in [2.45, 2.75) is 6.04 Å². The maximum Gasteiger partial charge on any atom is 0.258 e. The summed E-state index contributed by atoms with van der Waals surface area (Å²) in [5, 5.41) is 3.07. The van der Waals surface area contributed by atoms with Crippen molar-refractivity contribution in [2.24, 2.45) is 0 Å². The zero-order valence-corrected chi connectivity index (χ0v) is 20.4. The highest BCUT2D eigenvalue weighted by Gasteiger charge is 2.27. The van der Waals surface area contributed by atoms with Crippen LogP contribution in [0.25, 0.3) is 0 Å². The highest BCUT2D eigenvalue weighted by molar-refractivity contribution is 5.77. The molecule has 3 aromatic rings. The summed E-state index contributed by atoms with van der Waals surface area (Å²) in [6.45, 7) is 4.18. The van der Waals surface area contributed by atoms with Crippen LogP contribution in [-0.2, 0) is 4.79 Å². The van der Waals surface area contributed by atoms with Gasteiger partial charge in [-0.2, -0.15) is 0 Å². The molecule has 1 N–H and O–H groups in total. The number of ether oxygens (including phenoxy) is 4. The summed E-state index contributed by atoms with van der Waals surface area (Å²) in [5.41, 5.74) is 2.27. The Hall–Kier alpha value is -3.91. The Morgan fingerprint density at radius 2 is 1.67 bits per heavy atom. The molecular formula is C28H31N3O5. The van der Waals surface area contributed by atoms with Crippen molar-refractivity contribution < 1.29 is 23.7 Å². The molecule has 3 aromatic carbocycles. The van der Waals surface area contributed by atoms with Gasteiger partial charge in [0.25, 0.3) is 5.91 Å². The normalized spacial score (nSPS) is 15.9. The number of para-hydroxylation sites is 1. The number of amides is 1. The number of nitrogens with one attached hydrogen (secondary N) is 1. The molecule has 0 unspecified atom stereocenters. The van der Waals surface area contributed by atoms with E-state index in [1.165, 1.54) is 5.69 Å². The van der Waals surface area contributed by atoms with Crippen LogP contribution in [0.2, 0.25) is 0 Å². The van der Waals surface area contributed by atoms with Crippen molar-refractivity contribution in [2.75, 3.05) is 58.1 Å². The number of rotatable bonds is 9. The third kappa shape index (κ3) is 5.66. The Labute approximate surface area is 211 Å². The first-order valence-corrected chi connectivity index (χ1v) is 12.2. The third-order valence-corrected chi connectivity index (χ3v) is 6.58. The molecule has 0 aliphatic carbocycles. The van der Waals surface area contributed by atoms with Gasteiger partial charge in [0.1, 0.15) is 11.5 Å². The molecule has 1 atom stereocenters. The van der Waals surface area contributed by atoms with Crippen LogP contribution in [-0.4, -0.2) is 64.0 Å². The maximum absolute atomic E-state index is 12.6. The van der Waals surface area contributed by atoms with E-state index >= 15 is 0 Å². The van der Waals surface area contributed by atoms with Gasteiger partial charge in [-0.3, -0.25) is 9.69 Å². The van der Waals surface area contributed by atoms with Gasteiger partial charge in [-0.25, -0.2) is 0 Å². The fraction of sp³-hybridized carbons (Fsp3) is 0.321. The number of methoxy groups -OCH3 is 1. The van der Waals surface area contributed by atoms with E-state index in [1.807, 2.05) is 54.6 Å². The number of hydrogen-bond acceptors (Lipinski definition) is 7. The number of hydrogen-bond donors (Lipinski definition) is 1. The summed E-state index contributed by atoms with van der Waals surface area (Å²) in [7, 11) is 1.68. The van der Waals surface area contributed by atoms with E-state index in [9.17, 15) is 4.79 Å². The van der Waals surface area contributed by atoms with Gasteiger partial charge in [-0.15, -0.1) is 0 Å². The fourth-order valence-corrected chi connectivity index (χ4v) is 4.59. The lowest BCUT2D eigenvalue weighted by Gasteiger charge is -2.40. The van der Waals surface area contributed by atoms with E-state index in [-0.39, 0.29) is 25.3 Å². The SMILES string of the molecule is COc1ccc(N2CCN([C@H](CNC(=O)COc3ccccc3)c3ccc4c(c3)OCO4)CC2)cc1. The topological polar surface area (TPSA) is 72.5 Å². The van der Waals surface area contributed by atoms with Crippen molar-refractivity contribution >= 4 is 11.6 Å². The number of nitrogens with zero attached hydrogens (tertiary/aromatic N) is 2. The monoisotopic (exact) mass is 489 g/mol. The van der Waals surface area contributed by atoms with Crippen LogP contribution in [0.5, 0.6) is 23.0 Å². The summed E-state index contributed by atoms with van der Waals surface area (Å²) in [5.74, 6) is 2.87. The number of carbonyl (C=O) groups is 1. The van der Waals surface area contributed by atoms with Crippen molar-refractivity contribution in [3.63, 3.8) is 0 Å². The van der Waals surface area contributed by atoms with Gasteiger partial charge in [0.15, 0.2) is 18.1 Å². The summed E-state index contributed by atoms with van der Waals surface area (Å²) >= 11 is 0. The Balaban J connectivity index is 1.24. The maximum atomic E-state index is 12.6. The van der Waals surface area contributed by atoms with E-state index in [0.29, 0.717) is 12.3 Å². The van der Waals surface area contributed by atoms with E-state index < -0.39 is 0 Å². The predicted molar refractivity (Wildman–Crippen MR) is 137 cm³/mol. The Kier molecular flexibility index (Phi) is 7.42. The van der Waals surface area contributed by atoms with Gasteiger partial charge >= 0.3 is 0 Å². The first-order valence-electron chi connectivity index (χ1n) is 12.2. The molecule has 0 radical (unpaired) electrons. The second kappa shape index (κ2) is 11.2. The van der Waals surface area contributed by atoms with E-state index in [1.54, 1.807) is 7.11 Å². The lowest BCUT2D eigenvalue weighted by molar-refractivity contribution is -0.123. The second-order valence-corrected chi connectivity index (χ2v) is 8.76. The molecule has 0 spiro atoms. The van der Waals surface area contributed by atoms with Crippen molar-refractivity contribution in [1.82, 2.24) is 10.2 Å². The van der Waals surface area contributed by atoms with Crippen LogP contribution in [0.4, 0.5) is 5.69 Å². The third-order valence-electron chi connectivity index (χ3n) is 6.58. The van der Waals surface area contributed by atoms with Crippen LogP contribution in [0, 0.1) is 0 Å². The molecule has 5 rings (SSSR count). The van der Waals surface area contributed by atoms with E-state index in [4.69, 9.17) is 18.9 Å². The Morgan fingerprint density at radius 1 is 0.917 bits per heavy atom. The van der Waals surface area contributed by atoms with Crippen LogP contribution in [0.1, 0.15) is 11.6 Å². The van der Waals surface area contributed by atoms with Crippen LogP contribution in [0.15, 0.2) is 72.8 Å². The molecule has 188 valence electrons. The largest absolute Gasteiger partial charge is 0.497 e. The van der Waals surface area contributed by atoms with Gasteiger partial charge in [0, 0.05) is 38.4 Å². The van der Waals surface area contributed by atoms with Gasteiger partial charge in [0.05, 0.1) is 13.2 Å². The minimum Gasteiger partial charge on any atom is -0.497 e. The van der Waals surface area contributed by atoms with Crippen LogP contribution < -0.4 is 29.2 Å². The van der Waals surface area contributed by atoms with Crippen LogP contribution in [0.3, 0.4) is 0 Å². The van der Waals surface area contributed by atoms with Crippen molar-refractivity contribution in [1.29, 1.82) is 0 Å². The number of carbonyl (C=O) groups excluding carboxylic acids is 1. The van der Waals surface area contributed by atoms with Gasteiger partial charge in [0.2, 0.25) is 6.79 Å². The molecule has 8 nitrogen and oxygen atoms in total. The molecule has 1 amide bonds. The number of fused-ring (bicyclic) bond motifs is 1. The number of piperazine rings is 1. The summed E-state index contributed by atoms with van der Waals surface area (Å²) in [6, 6.07) is 23.5. The van der Waals surface area contributed by atoms with Gasteiger partial charge in [-0.1, -0.05) is 24.3 Å². The predicted octanol–water partition coefficient (Wildman–Crippen LogP) is 3.48. The summed E-state index contributed by atoms with van der Waals surface area (Å²) in [4.78, 5) is 17.4. The standard InChI is InChI=1S/C28H31N3O5/c1-33-23-10-8-22(9-11-23)30-13-15-31(16-14-30)25(21-7-12-26-27(17-21)36-20-35-26)18-29-28(32)19-34-24-5-3-2-4-6-24/h2-12,17,25H,13-16,18-20H2,1H3,(H,29,32)/t25-/m1/s1. The average molecular weight is 490 g/mol. The summed E-state index contributed by atoms with van der Waals surface area (Å²) in [6.07, 6.45) is 0. The molecule has 0 saturated carbocycles. The summed E-state index contributed by atoms with van der Waals surface area (Å²) < 4.78 is 22.0. The zero-order chi connectivity index (χ0) is 24.7. The first-order chi connectivity index (χ1) is 17.7. The lowest BCUT2D eigenvalue weighted by Crippen LogP contribution is -2.50. The minimum atomic E-state index is -0.151. The minimum absolute atomic E-state index is 0.00167. The van der Waals surface area contributed by atoms with E-state index in [0.717, 1.165) is 49.0 Å². The molecule has 0 aromatic heterocycles. The first kappa shape index (κ1) is 23.8. The molecule has 36 heavy (non-hydrogen) atoms. The zero-order valence-electron chi connectivity index (χ0n) is 20.4. The van der Waals surface area contributed by atoms with Gasteiger partial charge < -0.3 is 29.2 Å². The van der Waals surface area contributed by atoms with Gasteiger partial charge in [-0.05, 0) is 54.1 Å². The lowest BCUT2D eigenvalue weighted by atomic mass is 10.0. The average Bonchev–Trinajstić information content (AvgIpc) is 3.41. The van der Waals surface area contributed by atoms with Crippen LogP contribution >= 0.6 is 0 Å². The molecule has 8 heteroatoms. The quantitative estimate of drug-likeness (QED) is 0.493. The molecule has 0 bridgehead atoms. The smallest absolute Gasteiger partial charge is 0.258 e. The van der Waals surface area contributed by atoms with Crippen molar-refractivity contribution in [3.05, 3.63) is 78.4 Å². The molecule has 1 saturated heterocycles. The van der Waals surface area contributed by atoms with Crippen molar-refractivity contribution in [3.8, 4) is 23.0 Å². The molecule has 2 aliphatic rings. The Morgan fingerprint density at radius 3 is 2.42 bits per heavy atom.